The van der Waals surface area contributed by atoms with Gasteiger partial charge in [-0.15, -0.1) is 0 Å². The number of benzene rings is 2. The zero-order valence-corrected chi connectivity index (χ0v) is 71.3. The van der Waals surface area contributed by atoms with Gasteiger partial charge in [-0.25, -0.2) is 26.8 Å². The molecule has 4 saturated carbocycles. The average molecular weight is 1640 g/mol. The lowest BCUT2D eigenvalue weighted by Gasteiger charge is -2.32. The van der Waals surface area contributed by atoms with Crippen LogP contribution in [0.5, 0.6) is 11.8 Å². The summed E-state index contributed by atoms with van der Waals surface area (Å²) in [5.41, 5.74) is -1.94. The summed E-state index contributed by atoms with van der Waals surface area (Å²) in [6.07, 6.45) is 16.6. The molecule has 116 heavy (non-hydrogen) atoms. The Morgan fingerprint density at radius 2 is 0.897 bits per heavy atom. The summed E-state index contributed by atoms with van der Waals surface area (Å²) in [5.74, 6) is -5.08. The minimum absolute atomic E-state index is 0.0683. The monoisotopic (exact) mass is 1640 g/mol. The van der Waals surface area contributed by atoms with Gasteiger partial charge >= 0.3 is 11.9 Å². The molecule has 14 rings (SSSR count). The summed E-state index contributed by atoms with van der Waals surface area (Å²) in [4.78, 5) is 131. The maximum atomic E-state index is 15.0. The second-order valence-electron chi connectivity index (χ2n) is 37.6. The fourth-order valence-corrected chi connectivity index (χ4v) is 21.0. The van der Waals surface area contributed by atoms with E-state index >= 15 is 0 Å². The third-order valence-corrected chi connectivity index (χ3v) is 30.3. The predicted octanol–water partition coefficient (Wildman–Crippen LogP) is 11.5. The number of nitrogens with one attached hydrogen (secondary N) is 2. The van der Waals surface area contributed by atoms with Crippen LogP contribution in [0.4, 0.5) is 11.4 Å². The van der Waals surface area contributed by atoms with Crippen molar-refractivity contribution in [1.29, 1.82) is 0 Å². The van der Waals surface area contributed by atoms with Gasteiger partial charge in [-0.05, 0) is 204 Å². The molecule has 0 spiro atoms. The summed E-state index contributed by atoms with van der Waals surface area (Å²) in [6.45, 7) is 27.9. The standard InChI is InChI=1S/2C44H60N4O9S/c2*1-28-10-7-8-11-30-25-44(30,41(52)46-58(53,54)43(6)15-16-43)26-37(49)36-23-31(27-48(36)40(51)34(29(2)22-28)24-38(50)57-42(3,4)5)56-39-33-12-9-13-35(32(33)14-17-45-39)47-18-20-55-21-19-47/h2*8-9,11-14,17,28-31,34,36H,7,10,15-16,18-27H2,1-6H3,(H,46,52)/b2*11-8-/t28-,29+,30+,31+,34-,36-,44+;28-,29-,30-,31-,34+,36+,44-/m01/s1. The molecule has 2 aromatic carbocycles. The molecule has 2 aromatic heterocycles. The number of carbonyl (C=O) groups is 8. The van der Waals surface area contributed by atoms with Crippen molar-refractivity contribution < 1.29 is 83.6 Å². The number of hydrogen-bond donors (Lipinski definition) is 2. The number of pyridine rings is 2. The highest BCUT2D eigenvalue weighted by Gasteiger charge is 2.65. The number of carbonyl (C=O) groups excluding carboxylic acids is 8. The second kappa shape index (κ2) is 34.0. The third-order valence-electron chi connectivity index (χ3n) is 26.0. The van der Waals surface area contributed by atoms with Crippen molar-refractivity contribution in [3.63, 3.8) is 0 Å². The summed E-state index contributed by atoms with van der Waals surface area (Å²) in [6, 6.07) is 13.9. The van der Waals surface area contributed by atoms with E-state index in [9.17, 15) is 55.2 Å². The number of allylic oxidation sites excluding steroid dienone is 4. The first-order valence-corrected chi connectivity index (χ1v) is 45.1. The summed E-state index contributed by atoms with van der Waals surface area (Å²) >= 11 is 0. The maximum absolute atomic E-state index is 15.0. The van der Waals surface area contributed by atoms with Crippen LogP contribution in [-0.2, 0) is 77.4 Å². The van der Waals surface area contributed by atoms with Crippen LogP contribution in [0.3, 0.4) is 0 Å². The van der Waals surface area contributed by atoms with Gasteiger partial charge in [-0.1, -0.05) is 64.1 Å². The fourth-order valence-electron chi connectivity index (χ4n) is 18.3. The molecule has 632 valence electrons. The Morgan fingerprint density at radius 3 is 1.25 bits per heavy atom. The number of amides is 4. The zero-order valence-electron chi connectivity index (χ0n) is 69.7. The number of ether oxygens (including phenoxy) is 6. The van der Waals surface area contributed by atoms with Gasteiger partial charge in [-0.3, -0.25) is 47.8 Å². The van der Waals surface area contributed by atoms with Crippen molar-refractivity contribution in [2.75, 3.05) is 75.5 Å². The number of rotatable bonds is 16. The minimum atomic E-state index is -3.95. The highest BCUT2D eigenvalue weighted by molar-refractivity contribution is 7.92. The fraction of sp³-hybridized carbons (Fsp3) is 0.659. The molecular formula is C88H120N8O18S2. The summed E-state index contributed by atoms with van der Waals surface area (Å²) in [7, 11) is -7.91. The van der Waals surface area contributed by atoms with Gasteiger partial charge in [0, 0.05) is 97.2 Å². The van der Waals surface area contributed by atoms with E-state index in [1.54, 1.807) is 77.6 Å². The SMILES string of the molecule is C[C@@H]1CC/C=C\[C@@H]2C[C@@]2(C(=O)NS(=O)(=O)C2(C)CC2)CC(=O)[C@@H]2C[C@@H](Oc3nccc4c(N5CCOCC5)cccc34)CN2C(=O)[C@@H](CC(=O)OC(C)(C)C)[C@H](C)C1.C[C@H]1CC/C=C\[C@@H]2C[C@@]2(C(=O)NS(=O)(=O)C2(C)CC2)CC(=O)[C@@H]2C[C@@H](Oc3nccc4c(N5CCOCC5)cccc34)CN2C(=O)[C@@H](CC(=O)OC(C)(C)C)[C@H](C)C1. The molecule has 0 radical (unpaired) electrons. The van der Waals surface area contributed by atoms with Gasteiger partial charge in [0.2, 0.25) is 55.4 Å². The Labute approximate surface area is 683 Å². The van der Waals surface area contributed by atoms with Crippen molar-refractivity contribution in [2.45, 2.75) is 244 Å². The molecule has 4 amide bonds. The van der Waals surface area contributed by atoms with Crippen LogP contribution in [0, 0.1) is 58.2 Å². The number of fused-ring (bicyclic) bond motifs is 6. The molecule has 0 bridgehead atoms. The molecule has 4 aliphatic carbocycles. The van der Waals surface area contributed by atoms with Crippen molar-refractivity contribution in [1.82, 2.24) is 29.2 Å². The quantitative estimate of drug-likeness (QED) is 0.0777. The number of anilines is 2. The molecule has 26 nitrogen and oxygen atoms in total. The molecule has 4 aromatic rings. The van der Waals surface area contributed by atoms with E-state index in [2.05, 4.69) is 55.2 Å². The zero-order chi connectivity index (χ0) is 83.2. The lowest BCUT2D eigenvalue weighted by molar-refractivity contribution is -0.160. The number of Topliss-reactive ketones (excluding diaryl/α,β-unsaturated/α-hetero) is 2. The van der Waals surface area contributed by atoms with Crippen molar-refractivity contribution >= 4 is 100 Å². The number of sulfonamides is 2. The second-order valence-corrected chi connectivity index (χ2v) is 42.0. The lowest BCUT2D eigenvalue weighted by atomic mass is 9.82. The third kappa shape index (κ3) is 19.3. The van der Waals surface area contributed by atoms with Gasteiger partial charge < -0.3 is 48.0 Å². The predicted molar refractivity (Wildman–Crippen MR) is 439 cm³/mol. The van der Waals surface area contributed by atoms with Crippen LogP contribution in [0.15, 0.2) is 85.2 Å². The first kappa shape index (κ1) is 85.8. The van der Waals surface area contributed by atoms with Crippen LogP contribution in [-0.4, -0.2) is 194 Å². The number of aromatic nitrogens is 2. The van der Waals surface area contributed by atoms with Crippen LogP contribution in [0.1, 0.15) is 199 Å². The highest BCUT2D eigenvalue weighted by Crippen LogP contribution is 2.59. The smallest absolute Gasteiger partial charge is 0.307 e. The average Bonchev–Trinajstić information content (AvgIpc) is 1.57. The molecule has 28 heteroatoms. The molecule has 8 fully saturated rings. The molecule has 8 heterocycles. The Morgan fingerprint density at radius 1 is 0.526 bits per heavy atom. The normalized spacial score (nSPS) is 31.0. The molecule has 0 unspecified atom stereocenters. The minimum Gasteiger partial charge on any atom is -0.472 e. The lowest BCUT2D eigenvalue weighted by Crippen LogP contribution is -2.48. The van der Waals surface area contributed by atoms with E-state index in [4.69, 9.17) is 28.4 Å². The van der Waals surface area contributed by atoms with Gasteiger partial charge in [-0.2, -0.15) is 0 Å². The van der Waals surface area contributed by atoms with Crippen LogP contribution in [0.2, 0.25) is 0 Å². The Balaban J connectivity index is 0.000000202. The Kier molecular flexibility index (Phi) is 25.1. The number of ketones is 2. The van der Waals surface area contributed by atoms with Crippen LogP contribution in [0.25, 0.3) is 21.5 Å². The highest BCUT2D eigenvalue weighted by atomic mass is 32.2. The number of nitrogens with zero attached hydrogens (tertiary/aromatic N) is 6. The number of esters is 2. The number of hydrogen-bond acceptors (Lipinski definition) is 22. The van der Waals surface area contributed by atoms with Gasteiger partial charge in [0.15, 0.2) is 11.6 Å². The van der Waals surface area contributed by atoms with E-state index in [1.165, 1.54) is 0 Å². The van der Waals surface area contributed by atoms with Gasteiger partial charge in [0.25, 0.3) is 0 Å². The van der Waals surface area contributed by atoms with E-state index < -0.39 is 111 Å². The first-order valence-electron chi connectivity index (χ1n) is 42.1. The van der Waals surface area contributed by atoms with Crippen molar-refractivity contribution in [2.24, 2.45) is 58.2 Å². The Hall–Kier alpha value is -8.08. The van der Waals surface area contributed by atoms with Gasteiger partial charge in [0.1, 0.15) is 23.4 Å². The summed E-state index contributed by atoms with van der Waals surface area (Å²) < 4.78 is 91.7. The largest absolute Gasteiger partial charge is 0.472 e. The van der Waals surface area contributed by atoms with E-state index in [-0.39, 0.29) is 111 Å². The first-order chi connectivity index (χ1) is 54.8. The number of morpholine rings is 2. The molecule has 2 N–H and O–H groups in total. The topological polar surface area (TPSA) is 323 Å². The van der Waals surface area contributed by atoms with E-state index in [1.807, 2.05) is 74.5 Å². The van der Waals surface area contributed by atoms with E-state index in [0.717, 1.165) is 84.8 Å². The van der Waals surface area contributed by atoms with Crippen LogP contribution >= 0.6 is 0 Å². The van der Waals surface area contributed by atoms with E-state index in [0.29, 0.717) is 89.6 Å². The maximum Gasteiger partial charge on any atom is 0.307 e. The van der Waals surface area contributed by atoms with Crippen LogP contribution < -0.4 is 28.7 Å². The molecule has 6 aliphatic heterocycles. The molecule has 14 atom stereocenters. The Bertz CT molecular complexity index is 4400. The van der Waals surface area contributed by atoms with Gasteiger partial charge in [0.05, 0.1) is 96.6 Å². The van der Waals surface area contributed by atoms with Crippen molar-refractivity contribution in [3.8, 4) is 11.8 Å². The molecule has 10 aliphatic rings. The molecular weight excluding hydrogens is 1520 g/mol. The van der Waals surface area contributed by atoms with Crippen molar-refractivity contribution in [3.05, 3.63) is 85.2 Å². The summed E-state index contributed by atoms with van der Waals surface area (Å²) in [5, 5.41) is 3.52. The molecule has 4 saturated heterocycles.